The molecule has 0 saturated heterocycles. The summed E-state index contributed by atoms with van der Waals surface area (Å²) in [5.41, 5.74) is 6.52. The standard InChI is InChI=1S/C17H24N4O2/c1-5-15(22-3)16(23-4)12-14(2)9-11-21(20-13-18)17-8-6-7-10-19-17/h5-8,10,12-13H,1,9,11H2,2-4H3,(H2,18,20)/b14-12+,16-15-. The van der Waals surface area contributed by atoms with Gasteiger partial charge in [0, 0.05) is 12.7 Å². The third kappa shape index (κ3) is 5.86. The fraction of sp³-hybridized carbons (Fsp3) is 0.294. The Hall–Kier alpha value is -2.76. The second-order valence-electron chi connectivity index (χ2n) is 4.66. The van der Waals surface area contributed by atoms with Crippen LogP contribution in [0.4, 0.5) is 5.82 Å². The molecule has 0 amide bonds. The summed E-state index contributed by atoms with van der Waals surface area (Å²) >= 11 is 0. The van der Waals surface area contributed by atoms with E-state index in [4.69, 9.17) is 15.2 Å². The lowest BCUT2D eigenvalue weighted by Crippen LogP contribution is -2.20. The van der Waals surface area contributed by atoms with E-state index in [0.717, 1.165) is 17.8 Å². The summed E-state index contributed by atoms with van der Waals surface area (Å²) in [4.78, 5) is 4.28. The van der Waals surface area contributed by atoms with Crippen molar-refractivity contribution in [3.05, 3.63) is 60.2 Å². The van der Waals surface area contributed by atoms with Gasteiger partial charge in [0.25, 0.3) is 0 Å². The molecular weight excluding hydrogens is 292 g/mol. The minimum Gasteiger partial charge on any atom is -0.493 e. The maximum Gasteiger partial charge on any atom is 0.160 e. The summed E-state index contributed by atoms with van der Waals surface area (Å²) in [6.45, 7) is 6.36. The first kappa shape index (κ1) is 18.3. The molecule has 0 aliphatic carbocycles. The topological polar surface area (TPSA) is 73.0 Å². The first-order valence-corrected chi connectivity index (χ1v) is 7.20. The highest BCUT2D eigenvalue weighted by Gasteiger charge is 2.07. The van der Waals surface area contributed by atoms with Gasteiger partial charge in [-0.3, -0.25) is 0 Å². The van der Waals surface area contributed by atoms with E-state index in [1.54, 1.807) is 31.5 Å². The van der Waals surface area contributed by atoms with Gasteiger partial charge in [-0.1, -0.05) is 18.2 Å². The first-order valence-electron chi connectivity index (χ1n) is 7.20. The SMILES string of the molecule is C=C/C(OC)=C(\C=C(/C)CCN(/N=C/N)c1ccccn1)OC. The first-order chi connectivity index (χ1) is 11.2. The number of nitrogens with two attached hydrogens (primary N) is 1. The van der Waals surface area contributed by atoms with Gasteiger partial charge in [0.15, 0.2) is 11.5 Å². The average molecular weight is 316 g/mol. The zero-order valence-electron chi connectivity index (χ0n) is 13.9. The van der Waals surface area contributed by atoms with Crippen LogP contribution in [0.5, 0.6) is 0 Å². The molecule has 0 radical (unpaired) electrons. The number of anilines is 1. The zero-order chi connectivity index (χ0) is 17.1. The van der Waals surface area contributed by atoms with E-state index in [1.165, 1.54) is 6.34 Å². The number of ether oxygens (including phenoxy) is 2. The van der Waals surface area contributed by atoms with Crippen LogP contribution in [-0.4, -0.2) is 32.1 Å². The van der Waals surface area contributed by atoms with Crippen LogP contribution in [0, 0.1) is 0 Å². The Morgan fingerprint density at radius 2 is 2.09 bits per heavy atom. The van der Waals surface area contributed by atoms with E-state index in [0.29, 0.717) is 18.1 Å². The van der Waals surface area contributed by atoms with Gasteiger partial charge in [0.05, 0.1) is 14.2 Å². The van der Waals surface area contributed by atoms with Crippen molar-refractivity contribution < 1.29 is 9.47 Å². The third-order valence-corrected chi connectivity index (χ3v) is 3.08. The molecular formula is C17H24N4O2. The van der Waals surface area contributed by atoms with Crippen LogP contribution >= 0.6 is 0 Å². The lowest BCUT2D eigenvalue weighted by Gasteiger charge is -2.17. The summed E-state index contributed by atoms with van der Waals surface area (Å²) in [6.07, 6.45) is 7.27. The monoisotopic (exact) mass is 316 g/mol. The van der Waals surface area contributed by atoms with Gasteiger partial charge in [0.1, 0.15) is 12.2 Å². The molecule has 0 fully saturated rings. The lowest BCUT2D eigenvalue weighted by atomic mass is 10.1. The molecule has 0 atom stereocenters. The number of hydrazone groups is 1. The van der Waals surface area contributed by atoms with Crippen molar-refractivity contribution in [2.45, 2.75) is 13.3 Å². The Balaban J connectivity index is 2.83. The summed E-state index contributed by atoms with van der Waals surface area (Å²) in [5, 5.41) is 5.89. The summed E-state index contributed by atoms with van der Waals surface area (Å²) < 4.78 is 10.6. The minimum absolute atomic E-state index is 0.591. The van der Waals surface area contributed by atoms with Crippen molar-refractivity contribution in [2.75, 3.05) is 25.8 Å². The molecule has 23 heavy (non-hydrogen) atoms. The number of methoxy groups -OCH3 is 2. The van der Waals surface area contributed by atoms with Crippen LogP contribution in [0.3, 0.4) is 0 Å². The number of rotatable bonds is 9. The number of hydrogen-bond acceptors (Lipinski definition) is 5. The van der Waals surface area contributed by atoms with Crippen molar-refractivity contribution >= 4 is 12.2 Å². The van der Waals surface area contributed by atoms with Crippen molar-refractivity contribution in [1.82, 2.24) is 4.98 Å². The molecule has 1 aromatic heterocycles. The zero-order valence-corrected chi connectivity index (χ0v) is 13.9. The Morgan fingerprint density at radius 3 is 2.61 bits per heavy atom. The second kappa shape index (κ2) is 10.0. The van der Waals surface area contributed by atoms with Gasteiger partial charge in [-0.25, -0.2) is 9.99 Å². The molecule has 0 spiro atoms. The number of nitrogens with zero attached hydrogens (tertiary/aromatic N) is 3. The largest absolute Gasteiger partial charge is 0.493 e. The Kier molecular flexibility index (Phi) is 7.99. The number of allylic oxidation sites excluding steroid dienone is 2. The fourth-order valence-electron chi connectivity index (χ4n) is 1.91. The van der Waals surface area contributed by atoms with Crippen molar-refractivity contribution in [2.24, 2.45) is 10.8 Å². The predicted molar refractivity (Wildman–Crippen MR) is 93.9 cm³/mol. The van der Waals surface area contributed by atoms with E-state index in [9.17, 15) is 0 Å². The lowest BCUT2D eigenvalue weighted by molar-refractivity contribution is 0.241. The van der Waals surface area contributed by atoms with Crippen molar-refractivity contribution in [1.29, 1.82) is 0 Å². The van der Waals surface area contributed by atoms with Crippen LogP contribution in [0.1, 0.15) is 13.3 Å². The van der Waals surface area contributed by atoms with Gasteiger partial charge in [0.2, 0.25) is 0 Å². The number of pyridine rings is 1. The van der Waals surface area contributed by atoms with E-state index in [-0.39, 0.29) is 0 Å². The molecule has 124 valence electrons. The molecule has 0 aliphatic heterocycles. The molecule has 0 unspecified atom stereocenters. The molecule has 0 bridgehead atoms. The highest BCUT2D eigenvalue weighted by Crippen LogP contribution is 2.16. The Bertz CT molecular complexity index is 580. The molecule has 2 N–H and O–H groups in total. The third-order valence-electron chi connectivity index (χ3n) is 3.08. The van der Waals surface area contributed by atoms with Crippen molar-refractivity contribution in [3.8, 4) is 0 Å². The highest BCUT2D eigenvalue weighted by atomic mass is 16.5. The molecule has 1 rings (SSSR count). The maximum atomic E-state index is 5.42. The van der Waals surface area contributed by atoms with Gasteiger partial charge < -0.3 is 15.2 Å². The van der Waals surface area contributed by atoms with E-state index in [2.05, 4.69) is 16.7 Å². The van der Waals surface area contributed by atoms with E-state index >= 15 is 0 Å². The van der Waals surface area contributed by atoms with Crippen LogP contribution in [0.25, 0.3) is 0 Å². The molecule has 1 aromatic rings. The molecule has 1 heterocycles. The van der Waals surface area contributed by atoms with Gasteiger partial charge >= 0.3 is 0 Å². The number of aromatic nitrogens is 1. The fourth-order valence-corrected chi connectivity index (χ4v) is 1.91. The van der Waals surface area contributed by atoms with Crippen LogP contribution in [0.15, 0.2) is 65.3 Å². The van der Waals surface area contributed by atoms with Gasteiger partial charge in [-0.2, -0.15) is 5.10 Å². The van der Waals surface area contributed by atoms with Crippen molar-refractivity contribution in [3.63, 3.8) is 0 Å². The molecule has 6 heteroatoms. The Labute approximate surface area is 137 Å². The van der Waals surface area contributed by atoms with E-state index in [1.807, 2.05) is 31.2 Å². The predicted octanol–water partition coefficient (Wildman–Crippen LogP) is 2.82. The smallest absolute Gasteiger partial charge is 0.160 e. The van der Waals surface area contributed by atoms with Gasteiger partial charge in [-0.15, -0.1) is 0 Å². The average Bonchev–Trinajstić information content (AvgIpc) is 2.59. The molecule has 0 aliphatic rings. The summed E-state index contributed by atoms with van der Waals surface area (Å²) in [6, 6.07) is 5.65. The van der Waals surface area contributed by atoms with Gasteiger partial charge in [-0.05, 0) is 37.6 Å². The van der Waals surface area contributed by atoms with Crippen LogP contribution in [0.2, 0.25) is 0 Å². The second-order valence-corrected chi connectivity index (χ2v) is 4.66. The molecule has 6 nitrogen and oxygen atoms in total. The highest BCUT2D eigenvalue weighted by molar-refractivity contribution is 5.54. The molecule has 0 aromatic carbocycles. The number of hydrogen-bond donors (Lipinski definition) is 1. The Morgan fingerprint density at radius 1 is 1.35 bits per heavy atom. The maximum absolute atomic E-state index is 5.42. The minimum atomic E-state index is 0.591. The van der Waals surface area contributed by atoms with Crippen LogP contribution in [-0.2, 0) is 9.47 Å². The summed E-state index contributed by atoms with van der Waals surface area (Å²) in [5.74, 6) is 1.97. The quantitative estimate of drug-likeness (QED) is 0.249. The summed E-state index contributed by atoms with van der Waals surface area (Å²) in [7, 11) is 3.18. The normalized spacial score (nSPS) is 12.7. The molecule has 0 saturated carbocycles. The van der Waals surface area contributed by atoms with E-state index < -0.39 is 0 Å². The van der Waals surface area contributed by atoms with Crippen LogP contribution < -0.4 is 10.7 Å².